The van der Waals surface area contributed by atoms with Crippen LogP contribution in [0.4, 0.5) is 0 Å². The molecule has 0 spiro atoms. The molecular formula is C17H23N5O2. The molecule has 2 aliphatic heterocycles. The van der Waals surface area contributed by atoms with E-state index >= 15 is 0 Å². The summed E-state index contributed by atoms with van der Waals surface area (Å²) in [6.45, 7) is 8.74. The van der Waals surface area contributed by atoms with Gasteiger partial charge in [0.2, 0.25) is 6.79 Å². The van der Waals surface area contributed by atoms with E-state index in [0.717, 1.165) is 36.0 Å². The molecule has 0 bridgehead atoms. The lowest BCUT2D eigenvalue weighted by atomic mass is 10.0. The van der Waals surface area contributed by atoms with E-state index in [9.17, 15) is 0 Å². The van der Waals surface area contributed by atoms with Crippen molar-refractivity contribution in [2.45, 2.75) is 45.2 Å². The number of ether oxygens (including phenoxy) is 2. The molecular weight excluding hydrogens is 306 g/mol. The number of hydrogen-bond acceptors (Lipinski definition) is 6. The summed E-state index contributed by atoms with van der Waals surface area (Å²) >= 11 is 0. The van der Waals surface area contributed by atoms with Crippen LogP contribution < -0.4 is 9.47 Å². The van der Waals surface area contributed by atoms with Crippen LogP contribution in [0, 0.1) is 0 Å². The first-order valence-corrected chi connectivity index (χ1v) is 8.46. The minimum Gasteiger partial charge on any atom is -0.454 e. The maximum Gasteiger partial charge on any atom is 0.231 e. The fourth-order valence-electron chi connectivity index (χ4n) is 3.45. The summed E-state index contributed by atoms with van der Waals surface area (Å²) in [6.07, 6.45) is 2.41. The van der Waals surface area contributed by atoms with Crippen molar-refractivity contribution in [2.75, 3.05) is 19.9 Å². The van der Waals surface area contributed by atoms with Gasteiger partial charge in [0, 0.05) is 0 Å². The second-order valence-electron chi connectivity index (χ2n) is 7.38. The number of tetrazole rings is 1. The molecule has 7 nitrogen and oxygen atoms in total. The van der Waals surface area contributed by atoms with Gasteiger partial charge in [-0.05, 0) is 74.8 Å². The van der Waals surface area contributed by atoms with Crippen LogP contribution >= 0.6 is 0 Å². The molecule has 1 fully saturated rings. The van der Waals surface area contributed by atoms with Crippen molar-refractivity contribution in [3.05, 3.63) is 29.6 Å². The van der Waals surface area contributed by atoms with Crippen molar-refractivity contribution < 1.29 is 9.47 Å². The molecule has 2 aliphatic rings. The van der Waals surface area contributed by atoms with Crippen LogP contribution in [0.15, 0.2) is 18.2 Å². The van der Waals surface area contributed by atoms with Gasteiger partial charge in [-0.2, -0.15) is 0 Å². The standard InChI is InChI=1S/C17H23N5O2/c1-17(2,3)22-16(18-19-20-22)15(21-8-4-5-9-21)12-6-7-13-14(10-12)24-11-23-13/h6-7,10,15H,4-5,8-9,11H2,1-3H3/t15-/m1/s1. The highest BCUT2D eigenvalue weighted by Gasteiger charge is 2.33. The molecule has 1 saturated heterocycles. The van der Waals surface area contributed by atoms with Gasteiger partial charge in [0.1, 0.15) is 0 Å². The molecule has 1 atom stereocenters. The summed E-state index contributed by atoms with van der Waals surface area (Å²) in [6, 6.07) is 6.16. The molecule has 0 aliphatic carbocycles. The lowest BCUT2D eigenvalue weighted by Crippen LogP contribution is -2.33. The van der Waals surface area contributed by atoms with Gasteiger partial charge in [-0.25, -0.2) is 4.68 Å². The summed E-state index contributed by atoms with van der Waals surface area (Å²) in [5.74, 6) is 2.48. The van der Waals surface area contributed by atoms with Crippen LogP contribution in [0.1, 0.15) is 51.0 Å². The van der Waals surface area contributed by atoms with E-state index in [0.29, 0.717) is 0 Å². The van der Waals surface area contributed by atoms with E-state index in [1.165, 1.54) is 12.8 Å². The van der Waals surface area contributed by atoms with Crippen LogP contribution in [0.5, 0.6) is 11.5 Å². The highest BCUT2D eigenvalue weighted by molar-refractivity contribution is 5.46. The lowest BCUT2D eigenvalue weighted by Gasteiger charge is -2.30. The Morgan fingerprint density at radius 3 is 2.58 bits per heavy atom. The molecule has 2 aromatic rings. The Hall–Kier alpha value is -2.15. The molecule has 1 aromatic heterocycles. The fraction of sp³-hybridized carbons (Fsp3) is 0.588. The normalized spacial score (nSPS) is 19.0. The zero-order valence-electron chi connectivity index (χ0n) is 14.4. The van der Waals surface area contributed by atoms with E-state index in [-0.39, 0.29) is 18.4 Å². The van der Waals surface area contributed by atoms with Crippen molar-refractivity contribution >= 4 is 0 Å². The van der Waals surface area contributed by atoms with E-state index in [1.807, 2.05) is 10.7 Å². The summed E-state index contributed by atoms with van der Waals surface area (Å²) in [7, 11) is 0. The van der Waals surface area contributed by atoms with Gasteiger partial charge in [0.25, 0.3) is 0 Å². The third kappa shape index (κ3) is 2.62. The summed E-state index contributed by atoms with van der Waals surface area (Å²) in [4.78, 5) is 2.45. The van der Waals surface area contributed by atoms with E-state index in [4.69, 9.17) is 9.47 Å². The number of hydrogen-bond donors (Lipinski definition) is 0. The van der Waals surface area contributed by atoms with Gasteiger partial charge in [-0.15, -0.1) is 5.10 Å². The monoisotopic (exact) mass is 329 g/mol. The maximum atomic E-state index is 5.57. The van der Waals surface area contributed by atoms with Crippen LogP contribution in [-0.2, 0) is 5.54 Å². The molecule has 128 valence electrons. The largest absolute Gasteiger partial charge is 0.454 e. The van der Waals surface area contributed by atoms with Crippen LogP contribution in [0.2, 0.25) is 0 Å². The number of likely N-dealkylation sites (tertiary alicyclic amines) is 1. The molecule has 0 N–H and O–H groups in total. The first-order chi connectivity index (χ1) is 11.5. The fourth-order valence-corrected chi connectivity index (χ4v) is 3.45. The topological polar surface area (TPSA) is 65.3 Å². The molecule has 24 heavy (non-hydrogen) atoms. The minimum atomic E-state index is -0.173. The SMILES string of the molecule is CC(C)(C)n1nnnc1[C@@H](c1ccc2c(c1)OCO2)N1CCCC1. The number of benzene rings is 1. The van der Waals surface area contributed by atoms with Crippen molar-refractivity contribution in [1.82, 2.24) is 25.1 Å². The molecule has 7 heteroatoms. The first-order valence-electron chi connectivity index (χ1n) is 8.46. The molecule has 4 rings (SSSR count). The minimum absolute atomic E-state index is 0.0243. The Bertz CT molecular complexity index is 731. The molecule has 0 radical (unpaired) electrons. The third-order valence-electron chi connectivity index (χ3n) is 4.59. The zero-order chi connectivity index (χ0) is 16.7. The van der Waals surface area contributed by atoms with Gasteiger partial charge in [0.05, 0.1) is 11.6 Å². The van der Waals surface area contributed by atoms with Crippen LogP contribution in [0.3, 0.4) is 0 Å². The number of nitrogens with zero attached hydrogens (tertiary/aromatic N) is 5. The number of rotatable bonds is 3. The van der Waals surface area contributed by atoms with Crippen molar-refractivity contribution in [3.8, 4) is 11.5 Å². The Labute approximate surface area is 141 Å². The van der Waals surface area contributed by atoms with Gasteiger partial charge in [-0.3, -0.25) is 4.90 Å². The second-order valence-corrected chi connectivity index (χ2v) is 7.38. The van der Waals surface area contributed by atoms with Crippen LogP contribution in [0.25, 0.3) is 0 Å². The van der Waals surface area contributed by atoms with Crippen LogP contribution in [-0.4, -0.2) is 45.0 Å². The summed E-state index contributed by atoms with van der Waals surface area (Å²) < 4.78 is 12.9. The van der Waals surface area contributed by atoms with Crippen molar-refractivity contribution in [1.29, 1.82) is 0 Å². The smallest absolute Gasteiger partial charge is 0.231 e. The Balaban J connectivity index is 1.79. The van der Waals surface area contributed by atoms with Crippen molar-refractivity contribution in [3.63, 3.8) is 0 Å². The molecule has 0 saturated carbocycles. The Kier molecular flexibility index (Phi) is 3.68. The molecule has 0 amide bonds. The second kappa shape index (κ2) is 5.73. The number of aromatic nitrogens is 4. The predicted molar refractivity (Wildman–Crippen MR) is 88.0 cm³/mol. The zero-order valence-corrected chi connectivity index (χ0v) is 14.4. The Morgan fingerprint density at radius 1 is 1.08 bits per heavy atom. The molecule has 3 heterocycles. The maximum absolute atomic E-state index is 5.57. The van der Waals surface area contributed by atoms with E-state index in [1.54, 1.807) is 0 Å². The van der Waals surface area contributed by atoms with E-state index < -0.39 is 0 Å². The quantitative estimate of drug-likeness (QED) is 0.861. The van der Waals surface area contributed by atoms with Gasteiger partial charge < -0.3 is 9.47 Å². The molecule has 0 unspecified atom stereocenters. The molecule has 1 aromatic carbocycles. The average Bonchev–Trinajstić information content (AvgIpc) is 3.28. The summed E-state index contributed by atoms with van der Waals surface area (Å²) in [5.41, 5.74) is 0.967. The predicted octanol–water partition coefficient (Wildman–Crippen LogP) is 2.34. The summed E-state index contributed by atoms with van der Waals surface area (Å²) in [5, 5.41) is 12.6. The van der Waals surface area contributed by atoms with Gasteiger partial charge in [0.15, 0.2) is 17.3 Å². The first kappa shape index (κ1) is 15.4. The van der Waals surface area contributed by atoms with E-state index in [2.05, 4.69) is 53.3 Å². The Morgan fingerprint density at radius 2 is 1.83 bits per heavy atom. The average molecular weight is 329 g/mol. The van der Waals surface area contributed by atoms with Gasteiger partial charge >= 0.3 is 0 Å². The van der Waals surface area contributed by atoms with Gasteiger partial charge in [-0.1, -0.05) is 6.07 Å². The van der Waals surface area contributed by atoms with Crippen molar-refractivity contribution in [2.24, 2.45) is 0 Å². The lowest BCUT2D eigenvalue weighted by molar-refractivity contribution is 0.174. The third-order valence-corrected chi connectivity index (χ3v) is 4.59. The highest BCUT2D eigenvalue weighted by atomic mass is 16.7. The highest BCUT2D eigenvalue weighted by Crippen LogP contribution is 2.38. The number of fused-ring (bicyclic) bond motifs is 1.